The molecule has 1 fully saturated rings. The Hall–Kier alpha value is -1.23. The molecule has 31 heavy (non-hydrogen) atoms. The molecule has 0 amide bonds. The molecule has 1 aliphatic rings. The van der Waals surface area contributed by atoms with Crippen molar-refractivity contribution < 1.29 is 4.74 Å². The van der Waals surface area contributed by atoms with Crippen molar-refractivity contribution in [3.8, 4) is 0 Å². The second-order valence-corrected chi connectivity index (χ2v) is 9.15. The molecule has 0 saturated carbocycles. The van der Waals surface area contributed by atoms with Gasteiger partial charge >= 0.3 is 0 Å². The highest BCUT2D eigenvalue weighted by atomic mass is 127. The minimum atomic E-state index is 0. The van der Waals surface area contributed by atoms with E-state index in [0.717, 1.165) is 57.4 Å². The number of aliphatic imine (C=N–C) groups is 1. The van der Waals surface area contributed by atoms with Gasteiger partial charge in [-0.05, 0) is 38.8 Å². The minimum Gasteiger partial charge on any atom is -0.376 e. The van der Waals surface area contributed by atoms with E-state index in [1.165, 1.54) is 21.0 Å². The Balaban J connectivity index is 0.00000341. The van der Waals surface area contributed by atoms with E-state index >= 15 is 0 Å². The van der Waals surface area contributed by atoms with E-state index in [1.807, 2.05) is 0 Å². The van der Waals surface area contributed by atoms with Gasteiger partial charge in [-0.3, -0.25) is 4.90 Å². The fourth-order valence-electron chi connectivity index (χ4n) is 3.56. The lowest BCUT2D eigenvalue weighted by Gasteiger charge is -2.31. The van der Waals surface area contributed by atoms with Crippen LogP contribution in [0.2, 0.25) is 0 Å². The molecule has 1 aromatic carbocycles. The number of morpholine rings is 1. The highest BCUT2D eigenvalue weighted by Gasteiger charge is 2.16. The first kappa shape index (κ1) is 26.0. The molecule has 2 aromatic rings. The number of hydrogen-bond donors (Lipinski definition) is 2. The molecule has 172 valence electrons. The Bertz CT molecular complexity index is 822. The van der Waals surface area contributed by atoms with Gasteiger partial charge in [0.05, 0.1) is 30.0 Å². The zero-order valence-corrected chi connectivity index (χ0v) is 22.3. The number of nitrogens with one attached hydrogen (secondary N) is 2. The minimum absolute atomic E-state index is 0. The second kappa shape index (κ2) is 13.3. The zero-order chi connectivity index (χ0) is 21.3. The van der Waals surface area contributed by atoms with Gasteiger partial charge in [0.15, 0.2) is 5.96 Å². The van der Waals surface area contributed by atoms with Gasteiger partial charge in [-0.2, -0.15) is 0 Å². The van der Waals surface area contributed by atoms with Gasteiger partial charge in [0.2, 0.25) is 0 Å². The number of halogens is 1. The predicted molar refractivity (Wildman–Crippen MR) is 141 cm³/mol. The Morgan fingerprint density at radius 3 is 2.81 bits per heavy atom. The molecule has 1 aromatic heterocycles. The summed E-state index contributed by atoms with van der Waals surface area (Å²) in [7, 11) is 0. The van der Waals surface area contributed by atoms with E-state index in [2.05, 4.69) is 72.5 Å². The average molecular weight is 558 g/mol. The van der Waals surface area contributed by atoms with Crippen molar-refractivity contribution in [3.63, 3.8) is 0 Å². The predicted octanol–water partition coefficient (Wildman–Crippen LogP) is 3.90. The van der Waals surface area contributed by atoms with Crippen LogP contribution in [-0.4, -0.2) is 54.7 Å². The molecule has 1 atom stereocenters. The third-order valence-electron chi connectivity index (χ3n) is 5.19. The number of rotatable bonds is 8. The maximum absolute atomic E-state index is 5.65. The standard InChI is InChI=1S/C23H35N5OS.HI/c1-5-24-23(25-10-9-22-27-18(3)19(4)30-22)26-14-20-7-6-8-21(13-20)16-28-11-12-29-17(2)15-28;/h6-8,13,17H,5,9-12,14-16H2,1-4H3,(H2,24,25,26);1H. The molecule has 0 bridgehead atoms. The van der Waals surface area contributed by atoms with Crippen molar-refractivity contribution in [3.05, 3.63) is 51.0 Å². The van der Waals surface area contributed by atoms with Gasteiger partial charge in [-0.25, -0.2) is 9.98 Å². The Labute approximate surface area is 207 Å². The molecular formula is C23H36IN5OS. The number of nitrogens with zero attached hydrogens (tertiary/aromatic N) is 3. The second-order valence-electron chi connectivity index (χ2n) is 7.86. The van der Waals surface area contributed by atoms with Gasteiger partial charge in [0.25, 0.3) is 0 Å². The van der Waals surface area contributed by atoms with E-state index in [-0.39, 0.29) is 24.0 Å². The number of aromatic nitrogens is 1. The van der Waals surface area contributed by atoms with Gasteiger partial charge in [-0.15, -0.1) is 35.3 Å². The maximum atomic E-state index is 5.65. The molecule has 1 saturated heterocycles. The number of aryl methyl sites for hydroxylation is 2. The van der Waals surface area contributed by atoms with E-state index in [1.54, 1.807) is 11.3 Å². The number of guanidine groups is 1. The maximum Gasteiger partial charge on any atom is 0.191 e. The zero-order valence-electron chi connectivity index (χ0n) is 19.1. The summed E-state index contributed by atoms with van der Waals surface area (Å²) < 4.78 is 5.65. The van der Waals surface area contributed by atoms with Crippen LogP contribution in [0, 0.1) is 13.8 Å². The lowest BCUT2D eigenvalue weighted by molar-refractivity contribution is -0.0212. The highest BCUT2D eigenvalue weighted by molar-refractivity contribution is 14.0. The number of benzene rings is 1. The molecule has 0 radical (unpaired) electrons. The van der Waals surface area contributed by atoms with Gasteiger partial charge in [-0.1, -0.05) is 24.3 Å². The SMILES string of the molecule is CCNC(=NCc1cccc(CN2CCOC(C)C2)c1)NCCc1nc(C)c(C)s1.I. The normalized spacial score (nSPS) is 17.3. The first-order valence-corrected chi connectivity index (χ1v) is 11.7. The van der Waals surface area contributed by atoms with Crippen molar-refractivity contribution in [1.29, 1.82) is 0 Å². The fraction of sp³-hybridized carbons (Fsp3) is 0.565. The smallest absolute Gasteiger partial charge is 0.191 e. The van der Waals surface area contributed by atoms with E-state index in [9.17, 15) is 0 Å². The Morgan fingerprint density at radius 2 is 2.10 bits per heavy atom. The van der Waals surface area contributed by atoms with E-state index in [4.69, 9.17) is 9.73 Å². The third kappa shape index (κ3) is 8.67. The van der Waals surface area contributed by atoms with Crippen LogP contribution in [0.5, 0.6) is 0 Å². The molecule has 6 nitrogen and oxygen atoms in total. The first-order valence-electron chi connectivity index (χ1n) is 10.9. The summed E-state index contributed by atoms with van der Waals surface area (Å²) >= 11 is 1.78. The molecule has 3 rings (SSSR count). The number of thiazole rings is 1. The van der Waals surface area contributed by atoms with Gasteiger partial charge in [0.1, 0.15) is 0 Å². The Kier molecular flexibility index (Phi) is 11.2. The van der Waals surface area contributed by atoms with Crippen molar-refractivity contribution in [2.75, 3.05) is 32.8 Å². The molecule has 1 aliphatic heterocycles. The summed E-state index contributed by atoms with van der Waals surface area (Å²) in [4.78, 5) is 13.2. The van der Waals surface area contributed by atoms with E-state index < -0.39 is 0 Å². The number of hydrogen-bond acceptors (Lipinski definition) is 5. The summed E-state index contributed by atoms with van der Waals surface area (Å²) in [6.07, 6.45) is 1.23. The van der Waals surface area contributed by atoms with Crippen LogP contribution < -0.4 is 10.6 Å². The largest absolute Gasteiger partial charge is 0.376 e. The summed E-state index contributed by atoms with van der Waals surface area (Å²) in [5.74, 6) is 0.856. The summed E-state index contributed by atoms with van der Waals surface area (Å²) in [6, 6.07) is 8.76. The molecule has 2 N–H and O–H groups in total. The van der Waals surface area contributed by atoms with Crippen LogP contribution in [0.4, 0.5) is 0 Å². The summed E-state index contributed by atoms with van der Waals surface area (Å²) in [5, 5.41) is 7.96. The van der Waals surface area contributed by atoms with Crippen molar-refractivity contribution in [2.24, 2.45) is 4.99 Å². The summed E-state index contributed by atoms with van der Waals surface area (Å²) in [6.45, 7) is 14.6. The molecule has 2 heterocycles. The average Bonchev–Trinajstić information content (AvgIpc) is 3.04. The fourth-order valence-corrected chi connectivity index (χ4v) is 4.50. The van der Waals surface area contributed by atoms with Gasteiger partial charge in [0, 0.05) is 44.0 Å². The van der Waals surface area contributed by atoms with Crippen LogP contribution in [0.3, 0.4) is 0 Å². The van der Waals surface area contributed by atoms with E-state index in [0.29, 0.717) is 12.6 Å². The molecule has 1 unspecified atom stereocenters. The highest BCUT2D eigenvalue weighted by Crippen LogP contribution is 2.16. The van der Waals surface area contributed by atoms with Crippen LogP contribution in [0.1, 0.15) is 40.6 Å². The molecule has 0 spiro atoms. The monoisotopic (exact) mass is 557 g/mol. The van der Waals surface area contributed by atoms with Crippen molar-refractivity contribution in [2.45, 2.75) is 53.3 Å². The van der Waals surface area contributed by atoms with Crippen LogP contribution in [0.25, 0.3) is 0 Å². The summed E-state index contributed by atoms with van der Waals surface area (Å²) in [5.41, 5.74) is 3.71. The van der Waals surface area contributed by atoms with Gasteiger partial charge < -0.3 is 15.4 Å². The van der Waals surface area contributed by atoms with Crippen molar-refractivity contribution >= 4 is 41.3 Å². The van der Waals surface area contributed by atoms with Crippen molar-refractivity contribution in [1.82, 2.24) is 20.5 Å². The molecular weight excluding hydrogens is 521 g/mol. The van der Waals surface area contributed by atoms with Crippen LogP contribution >= 0.6 is 35.3 Å². The lowest BCUT2D eigenvalue weighted by atomic mass is 10.1. The topological polar surface area (TPSA) is 61.8 Å². The lowest BCUT2D eigenvalue weighted by Crippen LogP contribution is -2.40. The Morgan fingerprint density at radius 1 is 1.29 bits per heavy atom. The van der Waals surface area contributed by atoms with Crippen LogP contribution in [0.15, 0.2) is 29.3 Å². The van der Waals surface area contributed by atoms with Crippen LogP contribution in [-0.2, 0) is 24.2 Å². The molecule has 8 heteroatoms. The third-order valence-corrected chi connectivity index (χ3v) is 6.32. The first-order chi connectivity index (χ1) is 14.5. The number of ether oxygens (including phenoxy) is 1. The molecule has 0 aliphatic carbocycles. The quantitative estimate of drug-likeness (QED) is 0.293.